The van der Waals surface area contributed by atoms with E-state index in [2.05, 4.69) is 26.3 Å². The maximum Gasteiger partial charge on any atom is 0.263 e. The number of amides is 1. The Morgan fingerprint density at radius 3 is 2.82 bits per heavy atom. The summed E-state index contributed by atoms with van der Waals surface area (Å²) in [4.78, 5) is 30.3. The van der Waals surface area contributed by atoms with Crippen molar-refractivity contribution in [2.45, 2.75) is 57.7 Å². The number of rotatable bonds is 4. The van der Waals surface area contributed by atoms with Crippen LogP contribution in [0.15, 0.2) is 12.1 Å². The van der Waals surface area contributed by atoms with Gasteiger partial charge in [-0.3, -0.25) is 4.79 Å². The Morgan fingerprint density at radius 2 is 2.09 bits per heavy atom. The van der Waals surface area contributed by atoms with Crippen LogP contribution in [0.5, 0.6) is 0 Å². The number of nitrogens with two attached hydrogens (primary N) is 2. The molecule has 1 fully saturated rings. The smallest absolute Gasteiger partial charge is 0.263 e. The van der Waals surface area contributed by atoms with E-state index in [1.807, 2.05) is 26.8 Å². The van der Waals surface area contributed by atoms with Crippen LogP contribution in [0, 0.1) is 13.8 Å². The standard InChI is InChI=1S/C24H31N7O2S/c1-12-19-20(25)21(34-23(19)28-13(2)27-12)22(32)29-15-6-7-16-14(9-15)5-8-18(30-16)31-10-17(33-4)24(3,26)11-31/h5,8,15,17H,6-7,9-11,25-26H2,1-4H3,(H,29,32). The van der Waals surface area contributed by atoms with Crippen LogP contribution in [-0.4, -0.2) is 58.7 Å². The van der Waals surface area contributed by atoms with Crippen LogP contribution >= 0.6 is 11.3 Å². The second-order valence-corrected chi connectivity index (χ2v) is 10.7. The van der Waals surface area contributed by atoms with Gasteiger partial charge in [0.15, 0.2) is 0 Å². The predicted molar refractivity (Wildman–Crippen MR) is 134 cm³/mol. The van der Waals surface area contributed by atoms with Crippen molar-refractivity contribution in [3.63, 3.8) is 0 Å². The van der Waals surface area contributed by atoms with E-state index in [1.165, 1.54) is 16.9 Å². The number of methoxy groups -OCH3 is 1. The molecule has 0 aromatic carbocycles. The lowest BCUT2D eigenvalue weighted by Gasteiger charge is -2.27. The highest BCUT2D eigenvalue weighted by molar-refractivity contribution is 7.21. The van der Waals surface area contributed by atoms with Gasteiger partial charge < -0.3 is 26.4 Å². The minimum atomic E-state index is -0.404. The first kappa shape index (κ1) is 22.9. The van der Waals surface area contributed by atoms with E-state index >= 15 is 0 Å². The third-order valence-electron chi connectivity index (χ3n) is 6.93. The summed E-state index contributed by atoms with van der Waals surface area (Å²) in [6, 6.07) is 4.20. The monoisotopic (exact) mass is 481 g/mol. The summed E-state index contributed by atoms with van der Waals surface area (Å²) in [6.45, 7) is 7.19. The molecule has 3 aromatic rings. The van der Waals surface area contributed by atoms with Gasteiger partial charge in [-0.2, -0.15) is 0 Å². The molecule has 2 aliphatic rings. The van der Waals surface area contributed by atoms with E-state index in [4.69, 9.17) is 21.2 Å². The number of hydrogen-bond acceptors (Lipinski definition) is 9. The van der Waals surface area contributed by atoms with Crippen LogP contribution in [0.1, 0.15) is 45.8 Å². The Kier molecular flexibility index (Phi) is 5.70. The highest BCUT2D eigenvalue weighted by Crippen LogP contribution is 2.34. The van der Waals surface area contributed by atoms with Gasteiger partial charge in [-0.15, -0.1) is 11.3 Å². The highest BCUT2D eigenvalue weighted by atomic mass is 32.1. The summed E-state index contributed by atoms with van der Waals surface area (Å²) >= 11 is 1.33. The Hall–Kier alpha value is -2.82. The van der Waals surface area contributed by atoms with Crippen LogP contribution < -0.4 is 21.7 Å². The number of nitrogens with one attached hydrogen (secondary N) is 1. The summed E-state index contributed by atoms with van der Waals surface area (Å²) in [5.41, 5.74) is 15.8. The number of hydrogen-bond donors (Lipinski definition) is 3. The zero-order chi connectivity index (χ0) is 24.2. The van der Waals surface area contributed by atoms with Crippen molar-refractivity contribution in [1.29, 1.82) is 0 Å². The molecule has 0 saturated carbocycles. The first-order valence-corrected chi connectivity index (χ1v) is 12.4. The molecule has 34 heavy (non-hydrogen) atoms. The molecule has 3 atom stereocenters. The molecule has 10 heteroatoms. The van der Waals surface area contributed by atoms with Crippen molar-refractivity contribution in [2.24, 2.45) is 5.73 Å². The molecule has 5 rings (SSSR count). The maximum absolute atomic E-state index is 13.1. The topological polar surface area (TPSA) is 132 Å². The van der Waals surface area contributed by atoms with Gasteiger partial charge in [0, 0.05) is 31.9 Å². The molecular weight excluding hydrogens is 450 g/mol. The van der Waals surface area contributed by atoms with E-state index in [9.17, 15) is 4.79 Å². The number of nitrogen functional groups attached to an aromatic ring is 1. The largest absolute Gasteiger partial charge is 0.397 e. The van der Waals surface area contributed by atoms with E-state index < -0.39 is 5.54 Å². The third-order valence-corrected chi connectivity index (χ3v) is 8.03. The fourth-order valence-corrected chi connectivity index (χ4v) is 6.25. The average molecular weight is 482 g/mol. The van der Waals surface area contributed by atoms with Crippen LogP contribution in [0.3, 0.4) is 0 Å². The molecule has 5 N–H and O–H groups in total. The van der Waals surface area contributed by atoms with Gasteiger partial charge in [0.1, 0.15) is 21.3 Å². The molecule has 4 heterocycles. The molecule has 1 amide bonds. The van der Waals surface area contributed by atoms with Crippen LogP contribution in [0.4, 0.5) is 11.5 Å². The van der Waals surface area contributed by atoms with E-state index in [1.54, 1.807) is 7.11 Å². The number of pyridine rings is 1. The number of aryl methyl sites for hydroxylation is 3. The number of nitrogens with zero attached hydrogens (tertiary/aromatic N) is 4. The normalized spacial score (nSPS) is 24.4. The van der Waals surface area contributed by atoms with Gasteiger partial charge in [-0.1, -0.05) is 6.07 Å². The lowest BCUT2D eigenvalue weighted by Crippen LogP contribution is -2.48. The van der Waals surface area contributed by atoms with E-state index in [-0.39, 0.29) is 18.1 Å². The number of aromatic nitrogens is 3. The summed E-state index contributed by atoms with van der Waals surface area (Å²) in [5.74, 6) is 1.46. The summed E-state index contributed by atoms with van der Waals surface area (Å²) < 4.78 is 5.57. The quantitative estimate of drug-likeness (QED) is 0.516. The molecule has 0 bridgehead atoms. The van der Waals surface area contributed by atoms with Crippen molar-refractivity contribution in [2.75, 3.05) is 30.8 Å². The molecule has 1 saturated heterocycles. The SMILES string of the molecule is COC1CN(c2ccc3c(n2)CCC(NC(=O)c2sc4nc(C)nc(C)c4c2N)C3)CC1(C)N. The number of anilines is 2. The van der Waals surface area contributed by atoms with Gasteiger partial charge >= 0.3 is 0 Å². The lowest BCUT2D eigenvalue weighted by molar-refractivity contribution is 0.0751. The van der Waals surface area contributed by atoms with Crippen molar-refractivity contribution in [3.8, 4) is 0 Å². The molecule has 9 nitrogen and oxygen atoms in total. The fourth-order valence-electron chi connectivity index (χ4n) is 5.15. The third kappa shape index (κ3) is 3.99. The van der Waals surface area contributed by atoms with Crippen LogP contribution in [0.25, 0.3) is 10.2 Å². The Morgan fingerprint density at radius 1 is 1.29 bits per heavy atom. The fraction of sp³-hybridized carbons (Fsp3) is 0.500. The van der Waals surface area contributed by atoms with Crippen molar-refractivity contribution in [1.82, 2.24) is 20.3 Å². The first-order valence-electron chi connectivity index (χ1n) is 11.6. The summed E-state index contributed by atoms with van der Waals surface area (Å²) in [7, 11) is 1.70. The first-order chi connectivity index (χ1) is 16.2. The summed E-state index contributed by atoms with van der Waals surface area (Å²) in [6.07, 6.45) is 2.35. The number of ether oxygens (including phenoxy) is 1. The van der Waals surface area contributed by atoms with Crippen molar-refractivity contribution in [3.05, 3.63) is 39.8 Å². The minimum Gasteiger partial charge on any atom is -0.397 e. The van der Waals surface area contributed by atoms with Gasteiger partial charge in [0.2, 0.25) is 0 Å². The van der Waals surface area contributed by atoms with Gasteiger partial charge in [0.05, 0.1) is 28.4 Å². The second kappa shape index (κ2) is 8.44. The molecule has 0 spiro atoms. The Balaban J connectivity index is 1.29. The van der Waals surface area contributed by atoms with Gasteiger partial charge in [-0.25, -0.2) is 15.0 Å². The number of fused-ring (bicyclic) bond motifs is 2. The number of carbonyl (C=O) groups excluding carboxylic acids is 1. The second-order valence-electron chi connectivity index (χ2n) is 9.68. The molecule has 0 radical (unpaired) electrons. The summed E-state index contributed by atoms with van der Waals surface area (Å²) in [5, 5.41) is 3.95. The molecule has 3 aromatic heterocycles. The van der Waals surface area contributed by atoms with Crippen molar-refractivity contribution < 1.29 is 9.53 Å². The predicted octanol–water partition coefficient (Wildman–Crippen LogP) is 2.13. The molecule has 1 aliphatic carbocycles. The van der Waals surface area contributed by atoms with E-state index in [0.717, 1.165) is 53.2 Å². The minimum absolute atomic E-state index is 0.0232. The molecular formula is C24H31N7O2S. The van der Waals surface area contributed by atoms with Crippen LogP contribution in [-0.2, 0) is 17.6 Å². The average Bonchev–Trinajstić information content (AvgIpc) is 3.28. The lowest BCUT2D eigenvalue weighted by atomic mass is 9.91. The van der Waals surface area contributed by atoms with Gasteiger partial charge in [0.25, 0.3) is 5.91 Å². The molecule has 180 valence electrons. The molecule has 1 aliphatic heterocycles. The van der Waals surface area contributed by atoms with Crippen molar-refractivity contribution >= 4 is 39.0 Å². The maximum atomic E-state index is 13.1. The number of carbonyl (C=O) groups is 1. The Bertz CT molecular complexity index is 1270. The molecule has 3 unspecified atom stereocenters. The zero-order valence-electron chi connectivity index (χ0n) is 20.0. The highest BCUT2D eigenvalue weighted by Gasteiger charge is 2.41. The van der Waals surface area contributed by atoms with E-state index in [0.29, 0.717) is 22.9 Å². The number of thiophene rings is 1. The van der Waals surface area contributed by atoms with Gasteiger partial charge in [-0.05, 0) is 51.7 Å². The Labute approximate surface area is 202 Å². The van der Waals surface area contributed by atoms with Crippen LogP contribution in [0.2, 0.25) is 0 Å². The zero-order valence-corrected chi connectivity index (χ0v) is 20.8.